The van der Waals surface area contributed by atoms with Crippen LogP contribution in [0.1, 0.15) is 23.1 Å². The summed E-state index contributed by atoms with van der Waals surface area (Å²) in [6.07, 6.45) is 1.11. The molecule has 2 rings (SSSR count). The van der Waals surface area contributed by atoms with Gasteiger partial charge in [-0.3, -0.25) is 9.48 Å². The van der Waals surface area contributed by atoms with Gasteiger partial charge < -0.3 is 5.32 Å². The molecule has 0 unspecified atom stereocenters. The lowest BCUT2D eigenvalue weighted by Crippen LogP contribution is -2.15. The molecule has 2 aromatic rings. The number of amides is 1. The van der Waals surface area contributed by atoms with Crippen molar-refractivity contribution >= 4 is 21.4 Å². The van der Waals surface area contributed by atoms with Crippen LogP contribution in [-0.2, 0) is 16.4 Å². The molecule has 0 atom stereocenters. The summed E-state index contributed by atoms with van der Waals surface area (Å²) in [7, 11) is -3.41. The zero-order valence-electron chi connectivity index (χ0n) is 12.1. The van der Waals surface area contributed by atoms with Gasteiger partial charge in [-0.25, -0.2) is 8.42 Å². The van der Waals surface area contributed by atoms with Crippen LogP contribution in [0.3, 0.4) is 0 Å². The van der Waals surface area contributed by atoms with Gasteiger partial charge in [-0.1, -0.05) is 12.1 Å². The van der Waals surface area contributed by atoms with Crippen LogP contribution in [0.15, 0.2) is 35.2 Å². The lowest BCUT2D eigenvalue weighted by molar-refractivity contribution is 0.102. The highest BCUT2D eigenvalue weighted by atomic mass is 32.2. The van der Waals surface area contributed by atoms with Gasteiger partial charge in [-0.2, -0.15) is 5.10 Å². The predicted molar refractivity (Wildman–Crippen MR) is 80.1 cm³/mol. The Hall–Kier alpha value is -2.15. The summed E-state index contributed by atoms with van der Waals surface area (Å²) < 4.78 is 25.1. The van der Waals surface area contributed by atoms with Gasteiger partial charge in [0.25, 0.3) is 5.91 Å². The molecule has 0 fully saturated rings. The Morgan fingerprint density at radius 2 is 2.00 bits per heavy atom. The minimum Gasteiger partial charge on any atom is -0.319 e. The van der Waals surface area contributed by atoms with Crippen molar-refractivity contribution in [2.24, 2.45) is 0 Å². The summed E-state index contributed by atoms with van der Waals surface area (Å²) in [5, 5.41) is 6.78. The van der Waals surface area contributed by atoms with E-state index in [2.05, 4.69) is 10.4 Å². The molecule has 21 heavy (non-hydrogen) atoms. The van der Waals surface area contributed by atoms with Crippen LogP contribution in [0.2, 0.25) is 0 Å². The number of para-hydroxylation sites is 1. The molecule has 0 spiro atoms. The fourth-order valence-electron chi connectivity index (χ4n) is 2.02. The van der Waals surface area contributed by atoms with E-state index < -0.39 is 15.7 Å². The number of aryl methyl sites for hydroxylation is 2. The number of rotatable bonds is 4. The molecule has 0 radical (unpaired) electrons. The second-order valence-electron chi connectivity index (χ2n) is 4.71. The molecule has 1 amide bonds. The monoisotopic (exact) mass is 307 g/mol. The topological polar surface area (TPSA) is 81.1 Å². The van der Waals surface area contributed by atoms with Gasteiger partial charge in [-0.05, 0) is 32.0 Å². The first kappa shape index (κ1) is 15.2. The van der Waals surface area contributed by atoms with Crippen LogP contribution < -0.4 is 5.32 Å². The number of nitrogens with one attached hydrogen (secondary N) is 1. The molecule has 0 aliphatic heterocycles. The molecule has 112 valence electrons. The van der Waals surface area contributed by atoms with Crippen molar-refractivity contribution in [1.29, 1.82) is 0 Å². The van der Waals surface area contributed by atoms with Crippen LogP contribution in [0.4, 0.5) is 5.69 Å². The van der Waals surface area contributed by atoms with Crippen molar-refractivity contribution in [3.63, 3.8) is 0 Å². The number of carbonyl (C=O) groups is 1. The Morgan fingerprint density at radius 3 is 2.57 bits per heavy atom. The first-order chi connectivity index (χ1) is 9.82. The van der Waals surface area contributed by atoms with Gasteiger partial charge in [-0.15, -0.1) is 0 Å². The number of benzene rings is 1. The second kappa shape index (κ2) is 5.69. The fraction of sp³-hybridized carbons (Fsp3) is 0.286. The number of hydrogen-bond acceptors (Lipinski definition) is 4. The maximum Gasteiger partial charge on any atom is 0.276 e. The van der Waals surface area contributed by atoms with Crippen molar-refractivity contribution in [3.8, 4) is 0 Å². The first-order valence-electron chi connectivity index (χ1n) is 6.48. The Bertz CT molecular complexity index is 779. The molecule has 0 aliphatic rings. The van der Waals surface area contributed by atoms with Gasteiger partial charge in [0, 0.05) is 18.5 Å². The number of anilines is 1. The lowest BCUT2D eigenvalue weighted by Gasteiger charge is -2.08. The molecule has 1 aromatic carbocycles. The minimum atomic E-state index is -3.41. The highest BCUT2D eigenvalue weighted by molar-refractivity contribution is 7.90. The van der Waals surface area contributed by atoms with E-state index in [4.69, 9.17) is 0 Å². The summed E-state index contributed by atoms with van der Waals surface area (Å²) >= 11 is 0. The number of carbonyl (C=O) groups excluding carboxylic acids is 1. The molecule has 0 aliphatic carbocycles. The van der Waals surface area contributed by atoms with E-state index >= 15 is 0 Å². The Kier molecular flexibility index (Phi) is 4.13. The van der Waals surface area contributed by atoms with E-state index in [1.807, 2.05) is 13.8 Å². The maximum absolute atomic E-state index is 12.2. The number of nitrogens with zero attached hydrogens (tertiary/aromatic N) is 2. The first-order valence-corrected chi connectivity index (χ1v) is 8.37. The average Bonchev–Trinajstić information content (AvgIpc) is 2.79. The van der Waals surface area contributed by atoms with E-state index in [0.29, 0.717) is 6.54 Å². The molecule has 0 saturated heterocycles. The minimum absolute atomic E-state index is 0.0880. The van der Waals surface area contributed by atoms with Gasteiger partial charge in [0.15, 0.2) is 15.5 Å². The number of hydrogen-bond donors (Lipinski definition) is 1. The third-order valence-electron chi connectivity index (χ3n) is 3.05. The number of aromatic nitrogens is 2. The summed E-state index contributed by atoms with van der Waals surface area (Å²) in [6.45, 7) is 4.46. The van der Waals surface area contributed by atoms with Crippen molar-refractivity contribution in [2.75, 3.05) is 11.6 Å². The molecular weight excluding hydrogens is 290 g/mol. The van der Waals surface area contributed by atoms with Crippen LogP contribution in [-0.4, -0.2) is 30.4 Å². The lowest BCUT2D eigenvalue weighted by atomic mass is 10.3. The number of sulfone groups is 1. The quantitative estimate of drug-likeness (QED) is 0.935. The van der Waals surface area contributed by atoms with Crippen LogP contribution in [0.5, 0.6) is 0 Å². The van der Waals surface area contributed by atoms with Crippen LogP contribution in [0.25, 0.3) is 0 Å². The Morgan fingerprint density at radius 1 is 1.33 bits per heavy atom. The summed E-state index contributed by atoms with van der Waals surface area (Å²) in [5.41, 5.74) is 1.39. The molecule has 1 N–H and O–H groups in total. The van der Waals surface area contributed by atoms with Crippen molar-refractivity contribution in [2.45, 2.75) is 25.3 Å². The average molecular weight is 307 g/mol. The maximum atomic E-state index is 12.2. The van der Waals surface area contributed by atoms with Crippen molar-refractivity contribution in [3.05, 3.63) is 41.7 Å². The zero-order valence-corrected chi connectivity index (χ0v) is 12.9. The normalized spacial score (nSPS) is 11.4. The Balaban J connectivity index is 2.32. The summed E-state index contributed by atoms with van der Waals surface area (Å²) in [6, 6.07) is 7.96. The van der Waals surface area contributed by atoms with Gasteiger partial charge in [0.1, 0.15) is 0 Å². The molecular formula is C14H17N3O3S. The van der Waals surface area contributed by atoms with Gasteiger partial charge >= 0.3 is 0 Å². The predicted octanol–water partition coefficient (Wildman–Crippen LogP) is 1.87. The molecule has 6 nitrogen and oxygen atoms in total. The molecule has 1 aromatic heterocycles. The molecule has 1 heterocycles. The van der Waals surface area contributed by atoms with Gasteiger partial charge in [0.05, 0.1) is 10.6 Å². The Labute approximate surface area is 123 Å². The van der Waals surface area contributed by atoms with E-state index in [1.165, 1.54) is 6.07 Å². The standard InChI is InChI=1S/C14H17N3O3S/c1-4-17-10(2)9-12(16-17)14(18)15-11-7-5-6-8-13(11)21(3,19)20/h5-9H,4H2,1-3H3,(H,15,18). The fourth-order valence-corrected chi connectivity index (χ4v) is 2.87. The highest BCUT2D eigenvalue weighted by Crippen LogP contribution is 2.21. The van der Waals surface area contributed by atoms with E-state index in [0.717, 1.165) is 11.9 Å². The van der Waals surface area contributed by atoms with Crippen LogP contribution >= 0.6 is 0 Å². The van der Waals surface area contributed by atoms with Crippen LogP contribution in [0, 0.1) is 6.92 Å². The zero-order chi connectivity index (χ0) is 15.6. The van der Waals surface area contributed by atoms with Gasteiger partial charge in [0.2, 0.25) is 0 Å². The summed E-state index contributed by atoms with van der Waals surface area (Å²) in [4.78, 5) is 12.3. The summed E-state index contributed by atoms with van der Waals surface area (Å²) in [5.74, 6) is -0.429. The van der Waals surface area contributed by atoms with Crippen molar-refractivity contribution in [1.82, 2.24) is 9.78 Å². The van der Waals surface area contributed by atoms with E-state index in [1.54, 1.807) is 28.9 Å². The second-order valence-corrected chi connectivity index (χ2v) is 6.69. The van der Waals surface area contributed by atoms with E-state index in [9.17, 15) is 13.2 Å². The van der Waals surface area contributed by atoms with Crippen molar-refractivity contribution < 1.29 is 13.2 Å². The smallest absolute Gasteiger partial charge is 0.276 e. The molecule has 7 heteroatoms. The third-order valence-corrected chi connectivity index (χ3v) is 4.20. The SMILES string of the molecule is CCn1nc(C(=O)Nc2ccccc2S(C)(=O)=O)cc1C. The van der Waals surface area contributed by atoms with E-state index in [-0.39, 0.29) is 16.3 Å². The molecule has 0 saturated carbocycles. The third kappa shape index (κ3) is 3.30. The molecule has 0 bridgehead atoms. The highest BCUT2D eigenvalue weighted by Gasteiger charge is 2.17. The largest absolute Gasteiger partial charge is 0.319 e.